The number of benzene rings is 2. The molecule has 0 bridgehead atoms. The molecule has 4 nitrogen and oxygen atoms in total. The van der Waals surface area contributed by atoms with E-state index in [9.17, 15) is 4.79 Å². The molecule has 5 heteroatoms. The number of carbonyl (C=O) groups is 1. The molecule has 0 aliphatic heterocycles. The molecule has 0 fully saturated rings. The van der Waals surface area contributed by atoms with E-state index >= 15 is 0 Å². The number of thiophene rings is 1. The van der Waals surface area contributed by atoms with Crippen LogP contribution in [-0.4, -0.2) is 19.2 Å². The summed E-state index contributed by atoms with van der Waals surface area (Å²) in [5, 5.41) is 7.21. The first kappa shape index (κ1) is 16.2. The lowest BCUT2D eigenvalue weighted by molar-refractivity contribution is -0.133. The fourth-order valence-electron chi connectivity index (χ4n) is 2.27. The third kappa shape index (κ3) is 3.46. The minimum atomic E-state index is -0.246. The largest absolute Gasteiger partial charge is 0.424 e. The molecule has 0 amide bonds. The second kappa shape index (κ2) is 7.27. The third-order valence-corrected chi connectivity index (χ3v) is 4.64. The standard InChI is InChI=1S/C19H18N2O2S/c1-3-18(22)23-19-15-11-7-8-12-16(15)24-17(19)13-20-21(2)14-9-5-4-6-10-14/h4-13H,3H2,1-2H3. The first-order valence-electron chi connectivity index (χ1n) is 7.74. The van der Waals surface area contributed by atoms with Gasteiger partial charge >= 0.3 is 5.97 Å². The smallest absolute Gasteiger partial charge is 0.310 e. The molecule has 3 aromatic rings. The van der Waals surface area contributed by atoms with Crippen LogP contribution < -0.4 is 9.75 Å². The van der Waals surface area contributed by atoms with Crippen molar-refractivity contribution in [2.45, 2.75) is 13.3 Å². The van der Waals surface area contributed by atoms with Gasteiger partial charge in [0.05, 0.1) is 16.8 Å². The van der Waals surface area contributed by atoms with Crippen LogP contribution >= 0.6 is 11.3 Å². The molecule has 0 aliphatic rings. The summed E-state index contributed by atoms with van der Waals surface area (Å²) in [6.07, 6.45) is 2.08. The molecule has 1 heterocycles. The van der Waals surface area contributed by atoms with Crippen molar-refractivity contribution in [3.05, 3.63) is 59.5 Å². The Morgan fingerprint density at radius 3 is 2.62 bits per heavy atom. The van der Waals surface area contributed by atoms with Crippen molar-refractivity contribution in [2.75, 3.05) is 12.1 Å². The van der Waals surface area contributed by atoms with Crippen LogP contribution in [0.15, 0.2) is 59.7 Å². The van der Waals surface area contributed by atoms with E-state index in [4.69, 9.17) is 4.74 Å². The fraction of sp³-hybridized carbons (Fsp3) is 0.158. The summed E-state index contributed by atoms with van der Waals surface area (Å²) in [7, 11) is 1.89. The Kier molecular flexibility index (Phi) is 4.91. The van der Waals surface area contributed by atoms with Gasteiger partial charge in [-0.2, -0.15) is 5.10 Å². The molecule has 3 rings (SSSR count). The van der Waals surface area contributed by atoms with Gasteiger partial charge < -0.3 is 4.74 Å². The predicted octanol–water partition coefficient (Wildman–Crippen LogP) is 4.69. The van der Waals surface area contributed by atoms with Gasteiger partial charge in [-0.1, -0.05) is 37.3 Å². The highest BCUT2D eigenvalue weighted by molar-refractivity contribution is 7.21. The molecule has 122 valence electrons. The van der Waals surface area contributed by atoms with E-state index in [0.29, 0.717) is 12.2 Å². The number of fused-ring (bicyclic) bond motifs is 1. The van der Waals surface area contributed by atoms with Crippen LogP contribution in [-0.2, 0) is 4.79 Å². The van der Waals surface area contributed by atoms with Crippen molar-refractivity contribution in [2.24, 2.45) is 5.10 Å². The summed E-state index contributed by atoms with van der Waals surface area (Å²) in [5.41, 5.74) is 0.988. The first-order chi connectivity index (χ1) is 11.7. The molecule has 24 heavy (non-hydrogen) atoms. The Labute approximate surface area is 145 Å². The molecule has 0 N–H and O–H groups in total. The zero-order valence-electron chi connectivity index (χ0n) is 13.6. The number of para-hydroxylation sites is 1. The molecular weight excluding hydrogens is 320 g/mol. The molecule has 0 saturated heterocycles. The van der Waals surface area contributed by atoms with E-state index in [-0.39, 0.29) is 5.97 Å². The van der Waals surface area contributed by atoms with Crippen molar-refractivity contribution in [3.8, 4) is 5.75 Å². The fourth-order valence-corrected chi connectivity index (χ4v) is 3.26. The van der Waals surface area contributed by atoms with Gasteiger partial charge in [-0.3, -0.25) is 9.80 Å². The van der Waals surface area contributed by atoms with E-state index in [1.54, 1.807) is 29.5 Å². The van der Waals surface area contributed by atoms with Crippen molar-refractivity contribution in [3.63, 3.8) is 0 Å². The maximum Gasteiger partial charge on any atom is 0.310 e. The summed E-state index contributed by atoms with van der Waals surface area (Å²) in [6.45, 7) is 1.79. The van der Waals surface area contributed by atoms with Crippen LogP contribution in [0.1, 0.15) is 18.2 Å². The number of hydrogen-bond donors (Lipinski definition) is 0. The van der Waals surface area contributed by atoms with Crippen LogP contribution in [0.4, 0.5) is 5.69 Å². The summed E-state index contributed by atoms with van der Waals surface area (Å²) < 4.78 is 6.62. The van der Waals surface area contributed by atoms with Crippen LogP contribution in [0.2, 0.25) is 0 Å². The van der Waals surface area contributed by atoms with Crippen LogP contribution in [0.5, 0.6) is 5.75 Å². The average molecular weight is 338 g/mol. The monoisotopic (exact) mass is 338 g/mol. The van der Waals surface area contributed by atoms with E-state index in [2.05, 4.69) is 5.10 Å². The second-order valence-electron chi connectivity index (χ2n) is 5.22. The van der Waals surface area contributed by atoms with Crippen molar-refractivity contribution < 1.29 is 9.53 Å². The highest BCUT2D eigenvalue weighted by Gasteiger charge is 2.15. The lowest BCUT2D eigenvalue weighted by Crippen LogP contribution is -2.09. The summed E-state index contributed by atoms with van der Waals surface area (Å²) in [6, 6.07) is 17.8. The Morgan fingerprint density at radius 2 is 1.88 bits per heavy atom. The number of rotatable bonds is 5. The molecule has 0 spiro atoms. The molecule has 0 aliphatic carbocycles. The minimum Gasteiger partial charge on any atom is -0.424 e. The Morgan fingerprint density at radius 1 is 1.17 bits per heavy atom. The van der Waals surface area contributed by atoms with Gasteiger partial charge in [-0.25, -0.2) is 0 Å². The number of hydrogen-bond acceptors (Lipinski definition) is 5. The zero-order valence-corrected chi connectivity index (χ0v) is 14.4. The molecule has 1 aromatic heterocycles. The van der Waals surface area contributed by atoms with E-state index < -0.39 is 0 Å². The Balaban J connectivity index is 1.94. The molecule has 0 unspecified atom stereocenters. The lowest BCUT2D eigenvalue weighted by Gasteiger charge is -2.12. The highest BCUT2D eigenvalue weighted by Crippen LogP contribution is 2.37. The van der Waals surface area contributed by atoms with E-state index in [1.165, 1.54) is 0 Å². The summed E-state index contributed by atoms with van der Waals surface area (Å²) in [5.74, 6) is 0.345. The number of anilines is 1. The van der Waals surface area contributed by atoms with Crippen molar-refractivity contribution in [1.82, 2.24) is 0 Å². The Bertz CT molecular complexity index is 871. The van der Waals surface area contributed by atoms with Crippen molar-refractivity contribution in [1.29, 1.82) is 0 Å². The number of hydrazone groups is 1. The number of nitrogens with zero attached hydrogens (tertiary/aromatic N) is 2. The van der Waals surface area contributed by atoms with Crippen LogP contribution in [0.3, 0.4) is 0 Å². The zero-order chi connectivity index (χ0) is 16.9. The predicted molar refractivity (Wildman–Crippen MR) is 100 cm³/mol. The second-order valence-corrected chi connectivity index (χ2v) is 6.31. The number of carbonyl (C=O) groups excluding carboxylic acids is 1. The Hall–Kier alpha value is -2.66. The van der Waals surface area contributed by atoms with Gasteiger partial charge in [0.25, 0.3) is 0 Å². The third-order valence-electron chi connectivity index (χ3n) is 3.56. The lowest BCUT2D eigenvalue weighted by atomic mass is 10.2. The van der Waals surface area contributed by atoms with Gasteiger partial charge in [-0.05, 0) is 24.3 Å². The van der Waals surface area contributed by atoms with Crippen LogP contribution in [0.25, 0.3) is 10.1 Å². The maximum absolute atomic E-state index is 11.8. The molecule has 0 radical (unpaired) electrons. The molecular formula is C19H18N2O2S. The summed E-state index contributed by atoms with van der Waals surface area (Å²) in [4.78, 5) is 12.6. The quantitative estimate of drug-likeness (QED) is 0.385. The number of esters is 1. The molecule has 2 aromatic carbocycles. The molecule has 0 atom stereocenters. The van der Waals surface area contributed by atoms with Gasteiger partial charge in [0.1, 0.15) is 0 Å². The molecule has 0 saturated carbocycles. The first-order valence-corrected chi connectivity index (χ1v) is 8.55. The summed E-state index contributed by atoms with van der Waals surface area (Å²) >= 11 is 1.56. The van der Waals surface area contributed by atoms with E-state index in [0.717, 1.165) is 20.7 Å². The maximum atomic E-state index is 11.8. The van der Waals surface area contributed by atoms with Gasteiger partial charge in [0, 0.05) is 23.6 Å². The number of ether oxygens (including phenoxy) is 1. The SMILES string of the molecule is CCC(=O)Oc1c(C=NN(C)c2ccccc2)sc2ccccc12. The van der Waals surface area contributed by atoms with Gasteiger partial charge in [0.15, 0.2) is 5.75 Å². The van der Waals surface area contributed by atoms with E-state index in [1.807, 2.05) is 61.6 Å². The minimum absolute atomic E-state index is 0.246. The van der Waals surface area contributed by atoms with Gasteiger partial charge in [-0.15, -0.1) is 11.3 Å². The van der Waals surface area contributed by atoms with Gasteiger partial charge in [0.2, 0.25) is 0 Å². The van der Waals surface area contributed by atoms with Crippen molar-refractivity contribution >= 4 is 39.3 Å². The normalized spacial score (nSPS) is 11.1. The topological polar surface area (TPSA) is 41.9 Å². The average Bonchev–Trinajstić information content (AvgIpc) is 2.98. The van der Waals surface area contributed by atoms with Crippen LogP contribution in [0, 0.1) is 0 Å². The highest BCUT2D eigenvalue weighted by atomic mass is 32.1.